The highest BCUT2D eigenvalue weighted by Gasteiger charge is 2.04. The van der Waals surface area contributed by atoms with Crippen LogP contribution in [0.25, 0.3) is 0 Å². The van der Waals surface area contributed by atoms with Gasteiger partial charge in [0.05, 0.1) is 0 Å². The average Bonchev–Trinajstić information content (AvgIpc) is 2.56. The Morgan fingerprint density at radius 1 is 0.917 bits per heavy atom. The molecule has 3 N–H and O–H groups in total. The molecule has 0 spiro atoms. The van der Waals surface area contributed by atoms with Gasteiger partial charge in [0.2, 0.25) is 0 Å². The summed E-state index contributed by atoms with van der Waals surface area (Å²) in [5, 5.41) is 8.14. The van der Waals surface area contributed by atoms with E-state index >= 15 is 0 Å². The van der Waals surface area contributed by atoms with Crippen LogP contribution in [0.2, 0.25) is 0 Å². The Hall–Kier alpha value is -3.02. The minimum absolute atomic E-state index is 0.0332. The summed E-state index contributed by atoms with van der Waals surface area (Å²) in [6.45, 7) is 4.37. The molecule has 0 bridgehead atoms. The molecule has 6 heteroatoms. The van der Waals surface area contributed by atoms with Gasteiger partial charge >= 0.3 is 6.03 Å². The number of likely N-dealkylation sites (N-methyl/N-ethyl adjacent to an activating group) is 1. The van der Waals surface area contributed by atoms with Gasteiger partial charge in [0.1, 0.15) is 5.75 Å². The number of urea groups is 1. The minimum atomic E-state index is -0.324. The average molecular weight is 327 g/mol. The first kappa shape index (κ1) is 17.3. The van der Waals surface area contributed by atoms with Crippen LogP contribution in [0.4, 0.5) is 16.2 Å². The van der Waals surface area contributed by atoms with E-state index in [0.29, 0.717) is 18.0 Å². The fourth-order valence-electron chi connectivity index (χ4n) is 1.96. The predicted molar refractivity (Wildman–Crippen MR) is 94.4 cm³/mol. The molecule has 0 aliphatic heterocycles. The summed E-state index contributed by atoms with van der Waals surface area (Å²) in [5.74, 6) is 0.392. The number of benzene rings is 2. The van der Waals surface area contributed by atoms with Gasteiger partial charge in [-0.15, -0.1) is 0 Å². The summed E-state index contributed by atoms with van der Waals surface area (Å²) in [6.07, 6.45) is 0. The number of carbonyl (C=O) groups is 2. The first-order chi connectivity index (χ1) is 11.6. The van der Waals surface area contributed by atoms with E-state index in [0.717, 1.165) is 11.3 Å². The molecular weight excluding hydrogens is 306 g/mol. The zero-order valence-corrected chi connectivity index (χ0v) is 13.8. The van der Waals surface area contributed by atoms with E-state index in [4.69, 9.17) is 4.74 Å². The highest BCUT2D eigenvalue weighted by molar-refractivity contribution is 5.99. The standard InChI is InChI=1S/C18H21N3O3/c1-3-19-17(22)12-24-16-10-8-15(9-11-16)21-18(23)20-14-6-4-13(2)5-7-14/h4-11H,3,12H2,1-2H3,(H,19,22)(H2,20,21,23). The molecule has 0 radical (unpaired) electrons. The highest BCUT2D eigenvalue weighted by atomic mass is 16.5. The van der Waals surface area contributed by atoms with E-state index < -0.39 is 0 Å². The largest absolute Gasteiger partial charge is 0.484 e. The smallest absolute Gasteiger partial charge is 0.323 e. The monoisotopic (exact) mass is 327 g/mol. The lowest BCUT2D eigenvalue weighted by Crippen LogP contribution is -2.28. The van der Waals surface area contributed by atoms with Crippen LogP contribution in [0.3, 0.4) is 0 Å². The van der Waals surface area contributed by atoms with Crippen molar-refractivity contribution in [1.82, 2.24) is 5.32 Å². The van der Waals surface area contributed by atoms with Gasteiger partial charge in [0, 0.05) is 17.9 Å². The lowest BCUT2D eigenvalue weighted by atomic mass is 10.2. The normalized spacial score (nSPS) is 9.92. The molecule has 0 saturated heterocycles. The SMILES string of the molecule is CCNC(=O)COc1ccc(NC(=O)Nc2ccc(C)cc2)cc1. The molecular formula is C18H21N3O3. The molecule has 126 valence electrons. The van der Waals surface area contributed by atoms with E-state index in [1.165, 1.54) is 0 Å². The van der Waals surface area contributed by atoms with Crippen LogP contribution in [-0.2, 0) is 4.79 Å². The first-order valence-corrected chi connectivity index (χ1v) is 7.71. The van der Waals surface area contributed by atoms with Crippen molar-refractivity contribution in [3.63, 3.8) is 0 Å². The zero-order chi connectivity index (χ0) is 17.4. The molecule has 0 atom stereocenters. The lowest BCUT2D eigenvalue weighted by Gasteiger charge is -2.09. The summed E-state index contributed by atoms with van der Waals surface area (Å²) >= 11 is 0. The topological polar surface area (TPSA) is 79.5 Å². The van der Waals surface area contributed by atoms with Gasteiger partial charge < -0.3 is 20.7 Å². The van der Waals surface area contributed by atoms with Gasteiger partial charge in [-0.1, -0.05) is 17.7 Å². The molecule has 2 aromatic carbocycles. The molecule has 0 saturated carbocycles. The Labute approximate surface area is 141 Å². The number of carbonyl (C=O) groups excluding carboxylic acids is 2. The van der Waals surface area contributed by atoms with Crippen molar-refractivity contribution in [2.45, 2.75) is 13.8 Å². The molecule has 0 aliphatic carbocycles. The molecule has 3 amide bonds. The van der Waals surface area contributed by atoms with Crippen LogP contribution >= 0.6 is 0 Å². The third-order valence-corrected chi connectivity index (χ3v) is 3.17. The van der Waals surface area contributed by atoms with Gasteiger partial charge in [-0.3, -0.25) is 4.79 Å². The van der Waals surface area contributed by atoms with Gasteiger partial charge in [-0.05, 0) is 50.2 Å². The van der Waals surface area contributed by atoms with Crippen molar-refractivity contribution in [2.24, 2.45) is 0 Å². The van der Waals surface area contributed by atoms with Gasteiger partial charge in [-0.25, -0.2) is 4.79 Å². The van der Waals surface area contributed by atoms with Crippen molar-refractivity contribution in [2.75, 3.05) is 23.8 Å². The van der Waals surface area contributed by atoms with E-state index in [9.17, 15) is 9.59 Å². The van der Waals surface area contributed by atoms with Gasteiger partial charge in [0.25, 0.3) is 5.91 Å². The molecule has 6 nitrogen and oxygen atoms in total. The van der Waals surface area contributed by atoms with Crippen molar-refractivity contribution in [3.05, 3.63) is 54.1 Å². The fourth-order valence-corrected chi connectivity index (χ4v) is 1.96. The number of nitrogens with one attached hydrogen (secondary N) is 3. The summed E-state index contributed by atoms with van der Waals surface area (Å²) in [4.78, 5) is 23.3. The number of hydrogen-bond acceptors (Lipinski definition) is 3. The maximum atomic E-state index is 11.9. The lowest BCUT2D eigenvalue weighted by molar-refractivity contribution is -0.122. The maximum Gasteiger partial charge on any atom is 0.323 e. The van der Waals surface area contributed by atoms with E-state index in [1.54, 1.807) is 24.3 Å². The summed E-state index contributed by atoms with van der Waals surface area (Å²) in [7, 11) is 0. The Morgan fingerprint density at radius 2 is 1.46 bits per heavy atom. The minimum Gasteiger partial charge on any atom is -0.484 e. The van der Waals surface area contributed by atoms with Gasteiger partial charge in [0.15, 0.2) is 6.61 Å². The molecule has 0 heterocycles. The Bertz CT molecular complexity index is 682. The number of hydrogen-bond donors (Lipinski definition) is 3. The van der Waals surface area contributed by atoms with Crippen LogP contribution < -0.4 is 20.7 Å². The molecule has 0 fully saturated rings. The van der Waals surface area contributed by atoms with Crippen molar-refractivity contribution in [1.29, 1.82) is 0 Å². The second-order valence-electron chi connectivity index (χ2n) is 5.21. The summed E-state index contributed by atoms with van der Waals surface area (Å²) in [6, 6.07) is 14.0. The van der Waals surface area contributed by atoms with Crippen LogP contribution in [0.15, 0.2) is 48.5 Å². The molecule has 0 aliphatic rings. The number of amides is 3. The quantitative estimate of drug-likeness (QED) is 0.762. The Kier molecular flexibility index (Phi) is 6.19. The van der Waals surface area contributed by atoms with Crippen LogP contribution in [-0.4, -0.2) is 25.1 Å². The number of anilines is 2. The number of aryl methyl sites for hydroxylation is 1. The Morgan fingerprint density at radius 3 is 2.00 bits per heavy atom. The second kappa shape index (κ2) is 8.57. The number of ether oxygens (including phenoxy) is 1. The first-order valence-electron chi connectivity index (χ1n) is 7.71. The van der Waals surface area contributed by atoms with Crippen LogP contribution in [0, 0.1) is 6.92 Å². The van der Waals surface area contributed by atoms with Crippen molar-refractivity contribution >= 4 is 23.3 Å². The zero-order valence-electron chi connectivity index (χ0n) is 13.8. The predicted octanol–water partition coefficient (Wildman–Crippen LogP) is 3.15. The van der Waals surface area contributed by atoms with Gasteiger partial charge in [-0.2, -0.15) is 0 Å². The molecule has 0 unspecified atom stereocenters. The molecule has 2 rings (SSSR count). The summed E-state index contributed by atoms with van der Waals surface area (Å²) < 4.78 is 5.35. The van der Waals surface area contributed by atoms with Crippen LogP contribution in [0.5, 0.6) is 5.75 Å². The van der Waals surface area contributed by atoms with Crippen molar-refractivity contribution < 1.29 is 14.3 Å². The highest BCUT2D eigenvalue weighted by Crippen LogP contribution is 2.16. The number of rotatable bonds is 6. The van der Waals surface area contributed by atoms with Crippen molar-refractivity contribution in [3.8, 4) is 5.75 Å². The third-order valence-electron chi connectivity index (χ3n) is 3.17. The maximum absolute atomic E-state index is 11.9. The Balaban J connectivity index is 1.83. The molecule has 2 aromatic rings. The fraction of sp³-hybridized carbons (Fsp3) is 0.222. The van der Waals surface area contributed by atoms with E-state index in [2.05, 4.69) is 16.0 Å². The summed E-state index contributed by atoms with van der Waals surface area (Å²) in [5.41, 5.74) is 2.48. The second-order valence-corrected chi connectivity index (χ2v) is 5.21. The third kappa shape index (κ3) is 5.64. The molecule has 0 aromatic heterocycles. The van der Waals surface area contributed by atoms with E-state index in [-0.39, 0.29) is 18.5 Å². The van der Waals surface area contributed by atoms with E-state index in [1.807, 2.05) is 38.1 Å². The molecule has 24 heavy (non-hydrogen) atoms. The van der Waals surface area contributed by atoms with Crippen LogP contribution in [0.1, 0.15) is 12.5 Å².